The zero-order valence-corrected chi connectivity index (χ0v) is 39.8. The van der Waals surface area contributed by atoms with Gasteiger partial charge in [-0.2, -0.15) is 4.99 Å². The van der Waals surface area contributed by atoms with E-state index >= 15 is 0 Å². The number of nitrogens with zero attached hydrogens (tertiary/aromatic N) is 6. The third-order valence-electron chi connectivity index (χ3n) is 11.7. The fourth-order valence-corrected chi connectivity index (χ4v) is 8.99. The number of rotatable bonds is 15. The van der Waals surface area contributed by atoms with Crippen molar-refractivity contribution in [2.45, 2.75) is 25.7 Å². The zero-order valence-electron chi connectivity index (χ0n) is 36.6. The molecular weight excluding hydrogens is 909 g/mol. The maximum atomic E-state index is 12.9. The minimum absolute atomic E-state index is 0.0638. The normalized spacial score (nSPS) is 16.3. The van der Waals surface area contributed by atoms with Crippen LogP contribution in [0.15, 0.2) is 102 Å². The number of carbonyl (C=O) groups excluding carboxylic acids is 2. The van der Waals surface area contributed by atoms with Crippen LogP contribution in [0, 0.1) is 11.8 Å². The lowest BCUT2D eigenvalue weighted by molar-refractivity contribution is 0.102. The van der Waals surface area contributed by atoms with Gasteiger partial charge in [-0.25, -0.2) is 4.98 Å². The number of nitrogens with two attached hydrogens (primary N) is 1. The Hall–Kier alpha value is -5.15. The molecule has 2 saturated heterocycles. The summed E-state index contributed by atoms with van der Waals surface area (Å²) in [5, 5.41) is 6.63. The van der Waals surface area contributed by atoms with Gasteiger partial charge in [0.1, 0.15) is 22.2 Å². The van der Waals surface area contributed by atoms with Crippen LogP contribution in [0.2, 0.25) is 0 Å². The number of ketones is 2. The van der Waals surface area contributed by atoms with E-state index in [-0.39, 0.29) is 17.4 Å². The number of alkyl halides is 1. The van der Waals surface area contributed by atoms with Gasteiger partial charge in [-0.05, 0) is 123 Å². The van der Waals surface area contributed by atoms with Crippen molar-refractivity contribution in [1.29, 1.82) is 0 Å². The molecule has 4 aliphatic rings. The third kappa shape index (κ3) is 13.7. The van der Waals surface area contributed by atoms with Gasteiger partial charge < -0.3 is 30.3 Å². The number of aliphatic imine (C=N–C) groups is 1. The number of halogens is 1. The average Bonchev–Trinajstić information content (AvgIpc) is 4.30. The summed E-state index contributed by atoms with van der Waals surface area (Å²) in [7, 11) is 3.16. The number of thiocarbonyl (C=S) groups is 1. The quantitative estimate of drug-likeness (QED) is 0.0449. The summed E-state index contributed by atoms with van der Waals surface area (Å²) in [4.78, 5) is 43.0. The molecule has 0 radical (unpaired) electrons. The molecule has 5 aromatic rings. The van der Waals surface area contributed by atoms with Crippen molar-refractivity contribution in [3.63, 3.8) is 0 Å². The van der Waals surface area contributed by atoms with Crippen molar-refractivity contribution in [2.75, 3.05) is 106 Å². The molecule has 336 valence electrons. The zero-order chi connectivity index (χ0) is 44.8. The maximum Gasteiger partial charge on any atom is 0.206 e. The van der Waals surface area contributed by atoms with Gasteiger partial charge in [0.2, 0.25) is 5.78 Å². The van der Waals surface area contributed by atoms with Crippen LogP contribution >= 0.6 is 39.5 Å². The lowest BCUT2D eigenvalue weighted by Gasteiger charge is -2.36. The smallest absolute Gasteiger partial charge is 0.206 e. The highest BCUT2D eigenvalue weighted by molar-refractivity contribution is 9.09. The summed E-state index contributed by atoms with van der Waals surface area (Å²) in [6.07, 6.45) is 5.72. The van der Waals surface area contributed by atoms with Crippen LogP contribution in [-0.2, 0) is 0 Å². The van der Waals surface area contributed by atoms with Gasteiger partial charge in [-0.1, -0.05) is 51.5 Å². The van der Waals surface area contributed by atoms with E-state index in [1.807, 2.05) is 30.3 Å². The highest BCUT2D eigenvalue weighted by Gasteiger charge is 2.28. The average molecular weight is 966 g/mol. The Morgan fingerprint density at radius 2 is 1.27 bits per heavy atom. The van der Waals surface area contributed by atoms with Crippen molar-refractivity contribution in [1.82, 2.24) is 14.8 Å². The number of piperazine rings is 2. The summed E-state index contributed by atoms with van der Waals surface area (Å²) in [6, 6.07) is 30.8. The van der Waals surface area contributed by atoms with Crippen molar-refractivity contribution in [2.24, 2.45) is 16.8 Å². The van der Waals surface area contributed by atoms with Gasteiger partial charge in [0.25, 0.3) is 0 Å². The van der Waals surface area contributed by atoms with Gasteiger partial charge in [-0.15, -0.1) is 0 Å². The Morgan fingerprint density at radius 1 is 0.766 bits per heavy atom. The molecule has 64 heavy (non-hydrogen) atoms. The number of anilines is 5. The van der Waals surface area contributed by atoms with Crippen molar-refractivity contribution >= 4 is 89.9 Å². The fourth-order valence-electron chi connectivity index (χ4n) is 7.70. The minimum atomic E-state index is -0.159. The topological polar surface area (TPSA) is 129 Å². The Balaban J connectivity index is 0.000000165. The Labute approximate surface area is 394 Å². The Bertz CT molecular complexity index is 2350. The number of aromatic nitrogens is 1. The molecule has 2 aliphatic carbocycles. The summed E-state index contributed by atoms with van der Waals surface area (Å²) in [5.41, 5.74) is 11.6. The molecule has 4 fully saturated rings. The van der Waals surface area contributed by atoms with Crippen LogP contribution in [0.1, 0.15) is 51.3 Å². The number of hydrogen-bond acceptors (Lipinski definition) is 14. The predicted octanol–water partition coefficient (Wildman–Crippen LogP) is 9.47. The summed E-state index contributed by atoms with van der Waals surface area (Å²) in [6.45, 7) is 11.6. The van der Waals surface area contributed by atoms with E-state index < -0.39 is 0 Å². The number of Topliss-reactive ketones (excluding diaryl/α,β-unsaturated/α-hetero) is 1. The molecule has 0 unspecified atom stereocenters. The fraction of sp³-hybridized carbons (Fsp3) is 0.388. The molecule has 4 aromatic carbocycles. The number of ether oxygens (including phenoxy) is 2. The van der Waals surface area contributed by atoms with E-state index in [9.17, 15) is 9.59 Å². The van der Waals surface area contributed by atoms with Crippen LogP contribution < -0.4 is 30.3 Å². The first-order chi connectivity index (χ1) is 31.2. The lowest BCUT2D eigenvalue weighted by Crippen LogP contribution is -2.47. The third-order valence-corrected chi connectivity index (χ3v) is 13.3. The van der Waals surface area contributed by atoms with Crippen LogP contribution in [0.4, 0.5) is 33.7 Å². The number of methoxy groups -OCH3 is 2. The molecule has 9 rings (SSSR count). The molecule has 2 saturated carbocycles. The molecule has 2 aliphatic heterocycles. The van der Waals surface area contributed by atoms with E-state index in [0.29, 0.717) is 38.0 Å². The minimum Gasteiger partial charge on any atom is -0.497 e. The number of carbonyl (C=O) groups is 2. The van der Waals surface area contributed by atoms with Crippen molar-refractivity contribution < 1.29 is 19.1 Å². The van der Waals surface area contributed by atoms with Gasteiger partial charge in [0.15, 0.2) is 10.9 Å². The summed E-state index contributed by atoms with van der Waals surface area (Å²) in [5.74, 6) is 3.43. The molecule has 1 aromatic heterocycles. The molecule has 12 nitrogen and oxygen atoms in total. The SMILES string of the molecule is COc1cccc(C(=O)CBr)c1.COc1cccc(C(=O)c2sc(Nc3ccc(N4CCN(CC5CC5)CC4)cc3)nc2N)c1.S=C=Nc1ccc(N2CCN(CC3CC3)CC2)cc1. The first-order valence-corrected chi connectivity index (χ1v) is 24.2. The molecule has 15 heteroatoms. The van der Waals surface area contributed by atoms with Gasteiger partial charge in [0.05, 0.1) is 30.4 Å². The second kappa shape index (κ2) is 23.2. The molecule has 0 amide bonds. The molecular formula is C49H57BrN8O4S2. The van der Waals surface area contributed by atoms with Crippen LogP contribution in [0.25, 0.3) is 0 Å². The van der Waals surface area contributed by atoms with Gasteiger partial charge in [-0.3, -0.25) is 19.4 Å². The summed E-state index contributed by atoms with van der Waals surface area (Å²) >= 11 is 8.98. The predicted molar refractivity (Wildman–Crippen MR) is 268 cm³/mol. The van der Waals surface area contributed by atoms with E-state index in [4.69, 9.17) is 15.2 Å². The van der Waals surface area contributed by atoms with Crippen molar-refractivity contribution in [3.8, 4) is 11.5 Å². The monoisotopic (exact) mass is 964 g/mol. The highest BCUT2D eigenvalue weighted by Crippen LogP contribution is 2.33. The van der Waals surface area contributed by atoms with Crippen LogP contribution in [-0.4, -0.2) is 117 Å². The van der Waals surface area contributed by atoms with Crippen LogP contribution in [0.5, 0.6) is 11.5 Å². The van der Waals surface area contributed by atoms with Crippen molar-refractivity contribution in [3.05, 3.63) is 113 Å². The summed E-state index contributed by atoms with van der Waals surface area (Å²) < 4.78 is 10.2. The molecule has 3 heterocycles. The van der Waals surface area contributed by atoms with E-state index in [0.717, 1.165) is 62.5 Å². The highest BCUT2D eigenvalue weighted by atomic mass is 79.9. The lowest BCUT2D eigenvalue weighted by atomic mass is 10.1. The number of thiazole rings is 1. The molecule has 3 N–H and O–H groups in total. The number of nitrogen functional groups attached to an aromatic ring is 1. The van der Waals surface area contributed by atoms with Crippen LogP contribution in [0.3, 0.4) is 0 Å². The van der Waals surface area contributed by atoms with E-state index in [1.165, 1.54) is 74.6 Å². The Morgan fingerprint density at radius 3 is 1.75 bits per heavy atom. The number of nitrogens with one attached hydrogen (secondary N) is 1. The largest absolute Gasteiger partial charge is 0.497 e. The first-order valence-electron chi connectivity index (χ1n) is 21.9. The van der Waals surface area contributed by atoms with E-state index in [2.05, 4.69) is 92.5 Å². The van der Waals surface area contributed by atoms with E-state index in [1.54, 1.807) is 56.7 Å². The Kier molecular flexibility index (Phi) is 16.9. The molecule has 0 bridgehead atoms. The number of benzene rings is 4. The first kappa shape index (κ1) is 46.8. The molecule has 0 atom stereocenters. The second-order valence-electron chi connectivity index (χ2n) is 16.4. The molecule has 0 spiro atoms. The second-order valence-corrected chi connectivity index (χ2v) is 18.2. The number of hydrogen-bond donors (Lipinski definition) is 2. The standard InChI is InChI=1S/C25H29N5O2S.C15H19N3S.C9H9BrO2/c1-32-21-4-2-3-18(15-21)22(31)23-24(26)28-25(33-23)27-19-7-9-20(10-8-19)30-13-11-29(12-14-30)16-17-5-6-17;19-12-16-14-3-5-15(6-4-14)18-9-7-17(8-10-18)11-13-1-2-13;1-12-8-4-2-3-7(5-8)9(11)6-10/h2-4,7-10,15,17H,5-6,11-14,16,26H2,1H3,(H,27,28);3-6,13H,1-2,7-11H2;2-5H,6H2,1H3. The van der Waals surface area contributed by atoms with Gasteiger partial charge >= 0.3 is 0 Å². The number of isothiocyanates is 1. The van der Waals surface area contributed by atoms with Gasteiger partial charge in [0, 0.05) is 93.6 Å². The maximum absolute atomic E-state index is 12.9.